The van der Waals surface area contributed by atoms with Crippen molar-refractivity contribution < 1.29 is 4.42 Å². The topological polar surface area (TPSA) is 56.7 Å². The van der Waals surface area contributed by atoms with Gasteiger partial charge in [0, 0.05) is 64.1 Å². The largest absolute Gasteiger partial charge is 0.456 e. The third-order valence-electron chi connectivity index (χ3n) is 11.1. The Labute approximate surface area is 330 Å². The molecule has 5 nitrogen and oxygen atoms in total. The first kappa shape index (κ1) is 31.9. The van der Waals surface area contributed by atoms with Gasteiger partial charge in [0.05, 0.1) is 11.0 Å². The van der Waals surface area contributed by atoms with Crippen LogP contribution in [0.1, 0.15) is 0 Å². The van der Waals surface area contributed by atoms with Gasteiger partial charge in [0.1, 0.15) is 11.2 Å². The van der Waals surface area contributed by atoms with E-state index in [1.54, 1.807) is 11.3 Å². The lowest BCUT2D eigenvalue weighted by Gasteiger charge is -2.10. The Bertz CT molecular complexity index is 3420. The molecule has 0 aliphatic rings. The lowest BCUT2D eigenvalue weighted by atomic mass is 9.95. The van der Waals surface area contributed by atoms with Gasteiger partial charge < -0.3 is 8.98 Å². The molecule has 12 aromatic rings. The minimum absolute atomic E-state index is 0.649. The van der Waals surface area contributed by atoms with Crippen LogP contribution in [-0.4, -0.2) is 19.5 Å². The monoisotopic (exact) mass is 746 g/mol. The quantitative estimate of drug-likeness (QED) is 0.176. The van der Waals surface area contributed by atoms with Crippen LogP contribution in [0, 0.1) is 0 Å². The van der Waals surface area contributed by atoms with Gasteiger partial charge in [0.25, 0.3) is 0 Å². The van der Waals surface area contributed by atoms with Crippen LogP contribution in [0.4, 0.5) is 0 Å². The summed E-state index contributed by atoms with van der Waals surface area (Å²) >= 11 is 1.80. The van der Waals surface area contributed by atoms with E-state index in [9.17, 15) is 0 Å². The molecule has 0 amide bonds. The number of hydrogen-bond acceptors (Lipinski definition) is 5. The molecule has 12 rings (SSSR count). The van der Waals surface area contributed by atoms with Crippen molar-refractivity contribution in [3.8, 4) is 51.0 Å². The molecule has 0 saturated heterocycles. The predicted octanol–water partition coefficient (Wildman–Crippen LogP) is 13.9. The van der Waals surface area contributed by atoms with Crippen LogP contribution in [0.15, 0.2) is 186 Å². The molecule has 0 bridgehead atoms. The summed E-state index contributed by atoms with van der Waals surface area (Å²) in [4.78, 5) is 14.9. The van der Waals surface area contributed by atoms with Crippen LogP contribution in [-0.2, 0) is 0 Å². The van der Waals surface area contributed by atoms with Gasteiger partial charge in [-0.2, -0.15) is 0 Å². The van der Waals surface area contributed by atoms with Crippen molar-refractivity contribution in [2.24, 2.45) is 0 Å². The van der Waals surface area contributed by atoms with E-state index >= 15 is 0 Å². The predicted molar refractivity (Wildman–Crippen MR) is 236 cm³/mol. The molecule has 0 aliphatic carbocycles. The second kappa shape index (κ2) is 12.6. The van der Waals surface area contributed by atoms with E-state index < -0.39 is 0 Å². The van der Waals surface area contributed by atoms with E-state index in [0.29, 0.717) is 17.5 Å². The Morgan fingerprint density at radius 2 is 0.982 bits per heavy atom. The summed E-state index contributed by atoms with van der Waals surface area (Å²) in [5.41, 5.74) is 10.4. The number of nitrogens with zero attached hydrogens (tertiary/aromatic N) is 4. The van der Waals surface area contributed by atoms with E-state index in [0.717, 1.165) is 49.9 Å². The Morgan fingerprint density at radius 1 is 0.386 bits per heavy atom. The molecule has 0 atom stereocenters. The van der Waals surface area contributed by atoms with Crippen molar-refractivity contribution in [3.05, 3.63) is 182 Å². The zero-order valence-electron chi connectivity index (χ0n) is 30.4. The highest BCUT2D eigenvalue weighted by Crippen LogP contribution is 2.45. The number of para-hydroxylation sites is 2. The minimum atomic E-state index is 0.649. The molecule has 0 spiro atoms. The number of fused-ring (bicyclic) bond motifs is 9. The summed E-state index contributed by atoms with van der Waals surface area (Å²) in [7, 11) is 0. The van der Waals surface area contributed by atoms with Crippen LogP contribution in [0.3, 0.4) is 0 Å². The average Bonchev–Trinajstić information content (AvgIpc) is 3.96. The molecule has 4 heterocycles. The average molecular weight is 747 g/mol. The molecule has 0 fully saturated rings. The Kier molecular flexibility index (Phi) is 7.03. The zero-order chi connectivity index (χ0) is 37.5. The lowest BCUT2D eigenvalue weighted by Crippen LogP contribution is -1.99. The number of furan rings is 1. The smallest absolute Gasteiger partial charge is 0.164 e. The standard InChI is InChI=1S/C51H30N4OS/c1-3-13-31(14-4-1)49-52-50(32-15-5-2-6-16-32)54-51(53-49)33-25-27-39-46(29-33)57-45-24-12-20-38(48(39)45)37-19-11-23-44-47(37)40-30-34(26-28-43(40)56-44)55-41-21-9-7-17-35(41)36-18-8-10-22-42(36)55/h1-30H. The zero-order valence-corrected chi connectivity index (χ0v) is 31.2. The summed E-state index contributed by atoms with van der Waals surface area (Å²) < 4.78 is 11.3. The molecule has 266 valence electrons. The molecular formula is C51H30N4OS. The minimum Gasteiger partial charge on any atom is -0.456 e. The molecule has 6 heteroatoms. The Balaban J connectivity index is 1.03. The number of rotatable bonds is 5. The summed E-state index contributed by atoms with van der Waals surface area (Å²) in [5.74, 6) is 1.95. The normalized spacial score (nSPS) is 11.9. The summed E-state index contributed by atoms with van der Waals surface area (Å²) in [6.45, 7) is 0. The molecule has 0 radical (unpaired) electrons. The van der Waals surface area contributed by atoms with Crippen molar-refractivity contribution in [2.75, 3.05) is 0 Å². The van der Waals surface area contributed by atoms with Crippen LogP contribution >= 0.6 is 11.3 Å². The fourth-order valence-electron chi connectivity index (χ4n) is 8.51. The van der Waals surface area contributed by atoms with E-state index in [2.05, 4.69) is 126 Å². The number of hydrogen-bond donors (Lipinski definition) is 0. The van der Waals surface area contributed by atoms with E-state index in [1.807, 2.05) is 60.7 Å². The molecule has 4 aromatic heterocycles. The van der Waals surface area contributed by atoms with E-state index in [4.69, 9.17) is 19.4 Å². The van der Waals surface area contributed by atoms with Gasteiger partial charge in [0.2, 0.25) is 0 Å². The maximum atomic E-state index is 6.57. The lowest BCUT2D eigenvalue weighted by molar-refractivity contribution is 0.669. The number of thiophene rings is 1. The first-order valence-corrected chi connectivity index (χ1v) is 19.8. The molecule has 57 heavy (non-hydrogen) atoms. The van der Waals surface area contributed by atoms with Gasteiger partial charge in [-0.1, -0.05) is 133 Å². The molecule has 8 aromatic carbocycles. The van der Waals surface area contributed by atoms with Crippen molar-refractivity contribution in [3.63, 3.8) is 0 Å². The van der Waals surface area contributed by atoms with Crippen molar-refractivity contribution in [1.29, 1.82) is 0 Å². The van der Waals surface area contributed by atoms with Gasteiger partial charge in [-0.25, -0.2) is 15.0 Å². The SMILES string of the molecule is c1ccc(-c2nc(-c3ccccc3)nc(-c3ccc4c(c3)sc3cccc(-c5cccc6oc7ccc(-n8c9ccccc9c9ccccc98)cc7c56)c34)n2)cc1. The van der Waals surface area contributed by atoms with Crippen LogP contribution in [0.2, 0.25) is 0 Å². The molecule has 0 unspecified atom stereocenters. The van der Waals surface area contributed by atoms with E-state index in [-0.39, 0.29) is 0 Å². The Morgan fingerprint density at radius 3 is 1.67 bits per heavy atom. The maximum absolute atomic E-state index is 6.57. The third kappa shape index (κ3) is 5.04. The highest BCUT2D eigenvalue weighted by Gasteiger charge is 2.20. The van der Waals surface area contributed by atoms with Crippen molar-refractivity contribution in [1.82, 2.24) is 19.5 Å². The fourth-order valence-corrected chi connectivity index (χ4v) is 9.68. The van der Waals surface area contributed by atoms with Crippen LogP contribution in [0.25, 0.3) is 115 Å². The van der Waals surface area contributed by atoms with Gasteiger partial charge >= 0.3 is 0 Å². The van der Waals surface area contributed by atoms with Crippen LogP contribution < -0.4 is 0 Å². The van der Waals surface area contributed by atoms with Gasteiger partial charge in [-0.15, -0.1) is 11.3 Å². The molecule has 0 saturated carbocycles. The van der Waals surface area contributed by atoms with Gasteiger partial charge in [0.15, 0.2) is 17.5 Å². The third-order valence-corrected chi connectivity index (χ3v) is 12.2. The van der Waals surface area contributed by atoms with Gasteiger partial charge in [-0.3, -0.25) is 0 Å². The van der Waals surface area contributed by atoms with E-state index in [1.165, 1.54) is 47.5 Å². The highest BCUT2D eigenvalue weighted by molar-refractivity contribution is 7.26. The first-order valence-electron chi connectivity index (χ1n) is 19.0. The number of aromatic nitrogens is 4. The maximum Gasteiger partial charge on any atom is 0.164 e. The summed E-state index contributed by atoms with van der Waals surface area (Å²) in [6.07, 6.45) is 0. The first-order chi connectivity index (χ1) is 28.2. The molecule has 0 aliphatic heterocycles. The van der Waals surface area contributed by atoms with Crippen molar-refractivity contribution >= 4 is 75.3 Å². The van der Waals surface area contributed by atoms with Crippen LogP contribution in [0.5, 0.6) is 0 Å². The molecular weight excluding hydrogens is 717 g/mol. The Hall–Kier alpha value is -7.41. The second-order valence-corrected chi connectivity index (χ2v) is 15.4. The summed E-state index contributed by atoms with van der Waals surface area (Å²) in [5, 5.41) is 7.13. The van der Waals surface area contributed by atoms with Gasteiger partial charge in [-0.05, 0) is 59.7 Å². The van der Waals surface area contributed by atoms with Crippen molar-refractivity contribution in [2.45, 2.75) is 0 Å². The molecule has 0 N–H and O–H groups in total. The number of benzene rings is 8. The second-order valence-electron chi connectivity index (χ2n) is 14.4. The highest BCUT2D eigenvalue weighted by atomic mass is 32.1. The fraction of sp³-hybridized carbons (Fsp3) is 0. The summed E-state index contributed by atoms with van der Waals surface area (Å²) in [6, 6.07) is 63.8.